The lowest BCUT2D eigenvalue weighted by Gasteiger charge is -2.56. The van der Waals surface area contributed by atoms with Crippen LogP contribution < -0.4 is 0 Å². The molecular weight excluding hydrogens is 328 g/mol. The summed E-state index contributed by atoms with van der Waals surface area (Å²) in [6.45, 7) is 5.82. The van der Waals surface area contributed by atoms with E-state index < -0.39 is 5.79 Å². The van der Waals surface area contributed by atoms with Crippen molar-refractivity contribution in [1.29, 1.82) is 0 Å². The standard InChI is InChI=1S/C22H34O4/c1-21-12-18(24)20-15-6-4-14(23)11-13(15)3-5-16(20)17(21)7-8-19(21)22(2)25-9-10-26-22/h13-17,19-20,23H,3-12H2,1-2H3/t13-,14+,15-,16-,17-,19-,20+,21-/m0/s1. The Kier molecular flexibility index (Phi) is 4.08. The van der Waals surface area contributed by atoms with E-state index >= 15 is 0 Å². The molecule has 5 fully saturated rings. The Morgan fingerprint density at radius 1 is 0.962 bits per heavy atom. The minimum Gasteiger partial charge on any atom is -0.393 e. The van der Waals surface area contributed by atoms with Crippen molar-refractivity contribution in [1.82, 2.24) is 0 Å². The van der Waals surface area contributed by atoms with Crippen LogP contribution in [0.4, 0.5) is 0 Å². The summed E-state index contributed by atoms with van der Waals surface area (Å²) >= 11 is 0. The van der Waals surface area contributed by atoms with Gasteiger partial charge in [-0.1, -0.05) is 6.92 Å². The van der Waals surface area contributed by atoms with Crippen molar-refractivity contribution in [2.45, 2.75) is 77.1 Å². The maximum atomic E-state index is 13.4. The summed E-state index contributed by atoms with van der Waals surface area (Å²) in [4.78, 5) is 13.4. The predicted molar refractivity (Wildman–Crippen MR) is 97.3 cm³/mol. The second kappa shape index (κ2) is 6.02. The number of hydrogen-bond acceptors (Lipinski definition) is 4. The molecule has 0 bridgehead atoms. The molecule has 5 aliphatic rings. The van der Waals surface area contributed by atoms with Crippen LogP contribution in [-0.4, -0.2) is 36.0 Å². The highest BCUT2D eigenvalue weighted by Crippen LogP contribution is 2.65. The normalized spacial score (nSPS) is 53.0. The smallest absolute Gasteiger partial charge is 0.169 e. The van der Waals surface area contributed by atoms with Gasteiger partial charge in [0, 0.05) is 18.3 Å². The fourth-order valence-electron chi connectivity index (χ4n) is 8.21. The van der Waals surface area contributed by atoms with Gasteiger partial charge < -0.3 is 14.6 Å². The summed E-state index contributed by atoms with van der Waals surface area (Å²) in [5.74, 6) is 2.89. The van der Waals surface area contributed by atoms with Gasteiger partial charge in [-0.2, -0.15) is 0 Å². The molecule has 1 saturated heterocycles. The van der Waals surface area contributed by atoms with Crippen LogP contribution in [0.25, 0.3) is 0 Å². The highest BCUT2D eigenvalue weighted by atomic mass is 16.7. The Bertz CT molecular complexity index is 583. The molecule has 26 heavy (non-hydrogen) atoms. The number of carbonyl (C=O) groups excluding carboxylic acids is 1. The quantitative estimate of drug-likeness (QED) is 0.775. The van der Waals surface area contributed by atoms with Gasteiger partial charge in [0.25, 0.3) is 0 Å². The van der Waals surface area contributed by atoms with Crippen LogP contribution in [0, 0.1) is 40.9 Å². The first kappa shape index (κ1) is 17.6. The lowest BCUT2D eigenvalue weighted by atomic mass is 9.49. The van der Waals surface area contributed by atoms with Crippen molar-refractivity contribution in [3.8, 4) is 0 Å². The van der Waals surface area contributed by atoms with Gasteiger partial charge >= 0.3 is 0 Å². The summed E-state index contributed by atoms with van der Waals surface area (Å²) in [5, 5.41) is 10.1. The summed E-state index contributed by atoms with van der Waals surface area (Å²) in [5.41, 5.74) is 0.0261. The lowest BCUT2D eigenvalue weighted by Crippen LogP contribution is -2.55. The van der Waals surface area contributed by atoms with Crippen LogP contribution in [0.1, 0.15) is 65.2 Å². The molecule has 0 radical (unpaired) electrons. The summed E-state index contributed by atoms with van der Waals surface area (Å²) in [6.07, 6.45) is 8.16. The number of aliphatic hydroxyl groups is 1. The van der Waals surface area contributed by atoms with Gasteiger partial charge in [0.15, 0.2) is 5.79 Å². The van der Waals surface area contributed by atoms with Crippen molar-refractivity contribution in [3.63, 3.8) is 0 Å². The molecule has 8 atom stereocenters. The zero-order valence-corrected chi connectivity index (χ0v) is 16.3. The molecule has 146 valence electrons. The zero-order valence-electron chi connectivity index (χ0n) is 16.3. The van der Waals surface area contributed by atoms with Gasteiger partial charge in [0.1, 0.15) is 5.78 Å². The molecule has 0 unspecified atom stereocenters. The molecule has 0 aromatic carbocycles. The van der Waals surface area contributed by atoms with E-state index in [1.165, 1.54) is 19.3 Å². The van der Waals surface area contributed by atoms with Gasteiger partial charge in [-0.3, -0.25) is 4.79 Å². The van der Waals surface area contributed by atoms with E-state index in [2.05, 4.69) is 13.8 Å². The number of hydrogen-bond donors (Lipinski definition) is 1. The van der Waals surface area contributed by atoms with E-state index in [0.29, 0.717) is 55.0 Å². The van der Waals surface area contributed by atoms with Crippen LogP contribution in [0.3, 0.4) is 0 Å². The molecule has 1 N–H and O–H groups in total. The number of rotatable bonds is 1. The second-order valence-electron chi connectivity index (χ2n) is 10.3. The van der Waals surface area contributed by atoms with Crippen molar-refractivity contribution >= 4 is 5.78 Å². The Hall–Kier alpha value is -0.450. The third-order valence-electron chi connectivity index (χ3n) is 9.15. The molecule has 4 saturated carbocycles. The van der Waals surface area contributed by atoms with Crippen LogP contribution >= 0.6 is 0 Å². The Morgan fingerprint density at radius 2 is 1.69 bits per heavy atom. The molecule has 0 spiro atoms. The maximum absolute atomic E-state index is 13.4. The molecule has 4 aliphatic carbocycles. The minimum atomic E-state index is -0.497. The Morgan fingerprint density at radius 3 is 2.46 bits per heavy atom. The number of ketones is 1. The number of fused-ring (bicyclic) bond motifs is 5. The zero-order chi connectivity index (χ0) is 18.1. The van der Waals surface area contributed by atoms with E-state index in [9.17, 15) is 9.90 Å². The molecule has 1 heterocycles. The highest BCUT2D eigenvalue weighted by molar-refractivity contribution is 5.83. The van der Waals surface area contributed by atoms with Crippen LogP contribution in [0.5, 0.6) is 0 Å². The van der Waals surface area contributed by atoms with E-state index in [1.54, 1.807) is 0 Å². The van der Waals surface area contributed by atoms with E-state index in [-0.39, 0.29) is 17.4 Å². The van der Waals surface area contributed by atoms with Crippen molar-refractivity contribution in [2.75, 3.05) is 13.2 Å². The highest BCUT2D eigenvalue weighted by Gasteiger charge is 2.64. The van der Waals surface area contributed by atoms with Crippen LogP contribution in [0.15, 0.2) is 0 Å². The topological polar surface area (TPSA) is 55.8 Å². The molecule has 0 aromatic rings. The van der Waals surface area contributed by atoms with Gasteiger partial charge in [0.2, 0.25) is 0 Å². The molecule has 0 aromatic heterocycles. The number of Topliss-reactive ketones (excluding diaryl/α,β-unsaturated/α-hetero) is 1. The van der Waals surface area contributed by atoms with Gasteiger partial charge in [0.05, 0.1) is 19.3 Å². The largest absolute Gasteiger partial charge is 0.393 e. The second-order valence-corrected chi connectivity index (χ2v) is 10.3. The fourth-order valence-corrected chi connectivity index (χ4v) is 8.21. The summed E-state index contributed by atoms with van der Waals surface area (Å²) < 4.78 is 12.1. The third-order valence-corrected chi connectivity index (χ3v) is 9.15. The molecule has 4 nitrogen and oxygen atoms in total. The van der Waals surface area contributed by atoms with E-state index in [0.717, 1.165) is 25.7 Å². The average molecular weight is 363 g/mol. The fraction of sp³-hybridized carbons (Fsp3) is 0.955. The maximum Gasteiger partial charge on any atom is 0.169 e. The van der Waals surface area contributed by atoms with E-state index in [1.807, 2.05) is 0 Å². The Balaban J connectivity index is 1.43. The molecular formula is C22H34O4. The average Bonchev–Trinajstić information content (AvgIpc) is 3.18. The monoisotopic (exact) mass is 362 g/mol. The number of aliphatic hydroxyl groups excluding tert-OH is 1. The predicted octanol–water partition coefficient (Wildman–Crippen LogP) is 3.56. The van der Waals surface area contributed by atoms with Gasteiger partial charge in [-0.15, -0.1) is 0 Å². The number of ether oxygens (including phenoxy) is 2. The molecule has 0 amide bonds. The molecule has 4 heteroatoms. The summed E-state index contributed by atoms with van der Waals surface area (Å²) in [6, 6.07) is 0. The van der Waals surface area contributed by atoms with Crippen LogP contribution in [0.2, 0.25) is 0 Å². The first-order valence-electron chi connectivity index (χ1n) is 10.9. The first-order chi connectivity index (χ1) is 12.4. The van der Waals surface area contributed by atoms with Crippen molar-refractivity contribution in [2.24, 2.45) is 40.9 Å². The minimum absolute atomic E-state index is 0.0261. The summed E-state index contributed by atoms with van der Waals surface area (Å²) in [7, 11) is 0. The third kappa shape index (κ3) is 2.41. The van der Waals surface area contributed by atoms with Gasteiger partial charge in [-0.25, -0.2) is 0 Å². The SMILES string of the molecule is CC1([C@H]2CC[C@H]3[C@@H]4CC[C@H]5C[C@H](O)CC[C@@H]5[C@H]4C(=O)C[C@]23C)OCCO1. The van der Waals surface area contributed by atoms with Gasteiger partial charge in [-0.05, 0) is 81.0 Å². The Labute approximate surface area is 157 Å². The lowest BCUT2D eigenvalue weighted by molar-refractivity contribution is -0.214. The van der Waals surface area contributed by atoms with E-state index in [4.69, 9.17) is 9.47 Å². The van der Waals surface area contributed by atoms with Crippen molar-refractivity contribution in [3.05, 3.63) is 0 Å². The molecule has 5 rings (SSSR count). The first-order valence-corrected chi connectivity index (χ1v) is 10.9. The van der Waals surface area contributed by atoms with Crippen molar-refractivity contribution < 1.29 is 19.4 Å². The number of carbonyl (C=O) groups is 1. The molecule has 1 aliphatic heterocycles. The van der Waals surface area contributed by atoms with Crippen LogP contribution in [-0.2, 0) is 14.3 Å².